The van der Waals surface area contributed by atoms with E-state index in [0.717, 1.165) is 54.1 Å². The average Bonchev–Trinajstić information content (AvgIpc) is 3.38. The second-order valence-electron chi connectivity index (χ2n) is 8.21. The highest BCUT2D eigenvalue weighted by molar-refractivity contribution is 5.88. The molecule has 2 aliphatic rings. The number of nitrogens with zero attached hydrogens (tertiary/aromatic N) is 4. The molecule has 0 bridgehead atoms. The van der Waals surface area contributed by atoms with E-state index < -0.39 is 6.10 Å². The van der Waals surface area contributed by atoms with Crippen LogP contribution in [0.4, 0.5) is 5.82 Å². The normalized spacial score (nSPS) is 18.1. The predicted molar refractivity (Wildman–Crippen MR) is 114 cm³/mol. The number of para-hydroxylation sites is 1. The number of fused-ring (bicyclic) bond motifs is 2. The van der Waals surface area contributed by atoms with Gasteiger partial charge in [0.15, 0.2) is 11.4 Å². The number of benzene rings is 2. The Morgan fingerprint density at radius 2 is 1.87 bits per heavy atom. The first kappa shape index (κ1) is 19.1. The lowest BCUT2D eigenvalue weighted by Gasteiger charge is -2.35. The highest BCUT2D eigenvalue weighted by Crippen LogP contribution is 2.28. The van der Waals surface area contributed by atoms with E-state index in [1.54, 1.807) is 6.92 Å². The molecule has 0 spiro atoms. The quantitative estimate of drug-likeness (QED) is 0.718. The number of anilines is 1. The summed E-state index contributed by atoms with van der Waals surface area (Å²) in [5.74, 6) is 0.991. The van der Waals surface area contributed by atoms with Crippen LogP contribution >= 0.6 is 0 Å². The highest BCUT2D eigenvalue weighted by atomic mass is 16.5. The molecular weight excluding hydrogens is 380 g/mol. The van der Waals surface area contributed by atoms with Crippen molar-refractivity contribution in [2.75, 3.05) is 37.6 Å². The maximum atomic E-state index is 11.6. The summed E-state index contributed by atoms with van der Waals surface area (Å²) in [4.78, 5) is 18.0. The van der Waals surface area contributed by atoms with Crippen LogP contribution in [0.25, 0.3) is 11.0 Å². The molecule has 5 rings (SSSR count). The Bertz CT molecular complexity index is 1070. The van der Waals surface area contributed by atoms with Crippen LogP contribution < -0.4 is 4.90 Å². The van der Waals surface area contributed by atoms with E-state index >= 15 is 0 Å². The molecule has 1 aromatic heterocycles. The van der Waals surface area contributed by atoms with Crippen LogP contribution in [-0.4, -0.2) is 58.7 Å². The molecule has 2 aliphatic heterocycles. The van der Waals surface area contributed by atoms with Crippen LogP contribution in [0.2, 0.25) is 0 Å². The molecule has 2 aromatic carbocycles. The molecule has 156 valence electrons. The zero-order chi connectivity index (χ0) is 20.7. The molecule has 0 radical (unpaired) electrons. The largest absolute Gasteiger partial charge is 0.387 e. The Balaban J connectivity index is 1.20. The van der Waals surface area contributed by atoms with Gasteiger partial charge in [-0.15, -0.1) is 0 Å². The number of β-amino-alcohol motifs (C(OH)–C–C–N with tert-alkyl or cyclic N) is 1. The Kier molecular flexibility index (Phi) is 4.92. The zero-order valence-electron chi connectivity index (χ0n) is 17.1. The first-order valence-electron chi connectivity index (χ1n) is 10.5. The number of amides is 1. The van der Waals surface area contributed by atoms with Crippen molar-refractivity contribution in [3.8, 4) is 0 Å². The lowest BCUT2D eigenvalue weighted by molar-refractivity contribution is -0.129. The molecule has 30 heavy (non-hydrogen) atoms. The molecule has 3 heterocycles. The third kappa shape index (κ3) is 3.55. The Morgan fingerprint density at radius 1 is 1.10 bits per heavy atom. The van der Waals surface area contributed by atoms with E-state index in [2.05, 4.69) is 21.0 Å². The van der Waals surface area contributed by atoms with E-state index in [4.69, 9.17) is 4.52 Å². The van der Waals surface area contributed by atoms with Crippen LogP contribution in [-0.2, 0) is 17.9 Å². The first-order valence-corrected chi connectivity index (χ1v) is 10.5. The van der Waals surface area contributed by atoms with Crippen molar-refractivity contribution in [1.82, 2.24) is 15.0 Å². The number of hydrogen-bond acceptors (Lipinski definition) is 6. The smallest absolute Gasteiger partial charge is 0.220 e. The summed E-state index contributed by atoms with van der Waals surface area (Å²) in [5.41, 5.74) is 4.05. The van der Waals surface area contributed by atoms with Gasteiger partial charge in [-0.25, -0.2) is 0 Å². The Morgan fingerprint density at radius 3 is 2.67 bits per heavy atom. The molecule has 7 nitrogen and oxygen atoms in total. The zero-order valence-corrected chi connectivity index (χ0v) is 17.1. The fraction of sp³-hybridized carbons (Fsp3) is 0.391. The number of hydrogen-bond donors (Lipinski definition) is 1. The van der Waals surface area contributed by atoms with E-state index in [0.29, 0.717) is 19.6 Å². The SMILES string of the molecule is CC(=O)N1Cc2ccc(C(O)CN3CCN(c4noc5ccccc45)CC3)cc2C1. The van der Waals surface area contributed by atoms with Crippen molar-refractivity contribution in [2.24, 2.45) is 0 Å². The van der Waals surface area contributed by atoms with Crippen molar-refractivity contribution < 1.29 is 14.4 Å². The monoisotopic (exact) mass is 406 g/mol. The van der Waals surface area contributed by atoms with Crippen molar-refractivity contribution in [3.05, 3.63) is 59.2 Å². The number of rotatable bonds is 4. The number of aromatic nitrogens is 1. The van der Waals surface area contributed by atoms with Gasteiger partial charge < -0.3 is 19.4 Å². The Labute approximate surface area is 175 Å². The minimum atomic E-state index is -0.541. The summed E-state index contributed by atoms with van der Waals surface area (Å²) in [6.07, 6.45) is -0.541. The molecule has 1 unspecified atom stereocenters. The topological polar surface area (TPSA) is 73.1 Å². The summed E-state index contributed by atoms with van der Waals surface area (Å²) in [6.45, 7) is 6.92. The van der Waals surface area contributed by atoms with Crippen molar-refractivity contribution in [3.63, 3.8) is 0 Å². The first-order chi connectivity index (χ1) is 14.6. The van der Waals surface area contributed by atoms with E-state index in [9.17, 15) is 9.90 Å². The van der Waals surface area contributed by atoms with E-state index in [1.165, 1.54) is 5.56 Å². The van der Waals surface area contributed by atoms with Gasteiger partial charge in [-0.2, -0.15) is 0 Å². The van der Waals surface area contributed by atoms with Crippen molar-refractivity contribution >= 4 is 22.7 Å². The van der Waals surface area contributed by atoms with Crippen LogP contribution in [0.15, 0.2) is 47.0 Å². The number of aliphatic hydroxyl groups excluding tert-OH is 1. The van der Waals surface area contributed by atoms with Gasteiger partial charge in [0.05, 0.1) is 11.5 Å². The molecule has 7 heteroatoms. The summed E-state index contributed by atoms with van der Waals surface area (Å²) < 4.78 is 5.44. The second kappa shape index (κ2) is 7.74. The van der Waals surface area contributed by atoms with Gasteiger partial charge in [0.2, 0.25) is 5.91 Å². The van der Waals surface area contributed by atoms with E-state index in [-0.39, 0.29) is 5.91 Å². The predicted octanol–water partition coefficient (Wildman–Crippen LogP) is 2.55. The third-order valence-corrected chi connectivity index (χ3v) is 6.24. The molecule has 1 atom stereocenters. The molecule has 1 fully saturated rings. The molecule has 0 aliphatic carbocycles. The number of carbonyl (C=O) groups is 1. The molecule has 1 N–H and O–H groups in total. The number of carbonyl (C=O) groups excluding carboxylic acids is 1. The maximum absolute atomic E-state index is 11.6. The van der Waals surface area contributed by atoms with Crippen LogP contribution in [0.5, 0.6) is 0 Å². The van der Waals surface area contributed by atoms with Crippen LogP contribution in [0, 0.1) is 0 Å². The fourth-order valence-electron chi connectivity index (χ4n) is 4.44. The summed E-state index contributed by atoms with van der Waals surface area (Å²) >= 11 is 0. The molecule has 1 saturated heterocycles. The second-order valence-corrected chi connectivity index (χ2v) is 8.21. The van der Waals surface area contributed by atoms with Gasteiger partial charge >= 0.3 is 0 Å². The number of piperazine rings is 1. The van der Waals surface area contributed by atoms with Gasteiger partial charge in [-0.3, -0.25) is 9.69 Å². The Hall–Kier alpha value is -2.90. The average molecular weight is 406 g/mol. The van der Waals surface area contributed by atoms with E-state index in [1.807, 2.05) is 41.3 Å². The van der Waals surface area contributed by atoms with Gasteiger partial charge in [-0.1, -0.05) is 35.5 Å². The third-order valence-electron chi connectivity index (χ3n) is 6.24. The molecular formula is C23H26N4O3. The van der Waals surface area contributed by atoms with Gasteiger partial charge in [0, 0.05) is 52.7 Å². The van der Waals surface area contributed by atoms with Crippen molar-refractivity contribution in [2.45, 2.75) is 26.1 Å². The summed E-state index contributed by atoms with van der Waals surface area (Å²) in [5, 5.41) is 16.1. The van der Waals surface area contributed by atoms with Crippen LogP contribution in [0.3, 0.4) is 0 Å². The lowest BCUT2D eigenvalue weighted by Crippen LogP contribution is -2.47. The summed E-state index contributed by atoms with van der Waals surface area (Å²) in [6, 6.07) is 14.0. The van der Waals surface area contributed by atoms with Crippen LogP contribution in [0.1, 0.15) is 29.7 Å². The van der Waals surface area contributed by atoms with Gasteiger partial charge in [0.25, 0.3) is 0 Å². The number of aliphatic hydroxyl groups is 1. The lowest BCUT2D eigenvalue weighted by atomic mass is 10.0. The molecule has 3 aromatic rings. The van der Waals surface area contributed by atoms with Gasteiger partial charge in [-0.05, 0) is 28.8 Å². The molecule has 1 amide bonds. The van der Waals surface area contributed by atoms with Gasteiger partial charge in [0.1, 0.15) is 0 Å². The molecule has 0 saturated carbocycles. The fourth-order valence-corrected chi connectivity index (χ4v) is 4.44. The standard InChI is InChI=1S/C23H26N4O3/c1-16(28)27-13-18-7-6-17(12-19(18)14-27)21(29)15-25-8-10-26(11-9-25)23-20-4-2-3-5-22(20)30-24-23/h2-7,12,21,29H,8-11,13-15H2,1H3. The maximum Gasteiger partial charge on any atom is 0.220 e. The minimum Gasteiger partial charge on any atom is -0.387 e. The highest BCUT2D eigenvalue weighted by Gasteiger charge is 2.25. The van der Waals surface area contributed by atoms with Crippen molar-refractivity contribution in [1.29, 1.82) is 0 Å². The minimum absolute atomic E-state index is 0.0889. The summed E-state index contributed by atoms with van der Waals surface area (Å²) in [7, 11) is 0.